The van der Waals surface area contributed by atoms with Gasteiger partial charge in [0.25, 0.3) is 0 Å². The second-order valence-corrected chi connectivity index (χ2v) is 7.12. The van der Waals surface area contributed by atoms with E-state index in [2.05, 4.69) is 20.2 Å². The summed E-state index contributed by atoms with van der Waals surface area (Å²) in [5.41, 5.74) is 8.54. The SMILES string of the molecule is Nc1nc2c(c(N3CCC(C4CCNC4)CC3)n1)CCCC2. The van der Waals surface area contributed by atoms with E-state index in [0.29, 0.717) is 5.95 Å². The van der Waals surface area contributed by atoms with E-state index in [1.54, 1.807) is 0 Å². The Labute approximate surface area is 132 Å². The molecule has 120 valence electrons. The first kappa shape index (κ1) is 14.2. The monoisotopic (exact) mass is 301 g/mol. The highest BCUT2D eigenvalue weighted by Crippen LogP contribution is 2.34. The highest BCUT2D eigenvalue weighted by Gasteiger charge is 2.30. The summed E-state index contributed by atoms with van der Waals surface area (Å²) < 4.78 is 0. The Morgan fingerprint density at radius 3 is 2.59 bits per heavy atom. The molecule has 22 heavy (non-hydrogen) atoms. The molecule has 2 aliphatic heterocycles. The molecule has 5 nitrogen and oxygen atoms in total. The molecule has 3 aliphatic rings. The minimum Gasteiger partial charge on any atom is -0.368 e. The minimum atomic E-state index is 0.456. The van der Waals surface area contributed by atoms with E-state index in [9.17, 15) is 0 Å². The molecule has 0 bridgehead atoms. The third kappa shape index (κ3) is 2.67. The summed E-state index contributed by atoms with van der Waals surface area (Å²) in [6.45, 7) is 4.69. The van der Waals surface area contributed by atoms with Gasteiger partial charge in [-0.1, -0.05) is 0 Å². The molecule has 1 unspecified atom stereocenters. The highest BCUT2D eigenvalue weighted by molar-refractivity contribution is 5.53. The van der Waals surface area contributed by atoms with Crippen LogP contribution < -0.4 is 16.0 Å². The molecular weight excluding hydrogens is 274 g/mol. The van der Waals surface area contributed by atoms with E-state index in [0.717, 1.165) is 43.6 Å². The molecule has 1 aliphatic carbocycles. The molecule has 3 heterocycles. The van der Waals surface area contributed by atoms with Crippen LogP contribution in [0.5, 0.6) is 0 Å². The fourth-order valence-electron chi connectivity index (χ4n) is 4.52. The standard InChI is InChI=1S/C17H27N5/c18-17-20-15-4-2-1-3-14(15)16(21-17)22-9-6-12(7-10-22)13-5-8-19-11-13/h12-13,19H,1-11H2,(H2,18,20,21). The van der Waals surface area contributed by atoms with Crippen LogP contribution in [0.15, 0.2) is 0 Å². The van der Waals surface area contributed by atoms with E-state index in [-0.39, 0.29) is 0 Å². The molecule has 1 aromatic rings. The molecule has 1 atom stereocenters. The Morgan fingerprint density at radius 2 is 1.82 bits per heavy atom. The number of anilines is 2. The molecular formula is C17H27N5. The van der Waals surface area contributed by atoms with Crippen LogP contribution in [0, 0.1) is 11.8 Å². The number of nitrogens with one attached hydrogen (secondary N) is 1. The molecule has 2 saturated heterocycles. The van der Waals surface area contributed by atoms with Crippen LogP contribution in [0.25, 0.3) is 0 Å². The van der Waals surface area contributed by atoms with Gasteiger partial charge in [0.1, 0.15) is 5.82 Å². The summed E-state index contributed by atoms with van der Waals surface area (Å²) in [6, 6.07) is 0. The lowest BCUT2D eigenvalue weighted by Crippen LogP contribution is -2.38. The van der Waals surface area contributed by atoms with Crippen molar-refractivity contribution in [3.63, 3.8) is 0 Å². The number of nitrogen functional groups attached to an aromatic ring is 1. The van der Waals surface area contributed by atoms with Crippen molar-refractivity contribution in [2.24, 2.45) is 11.8 Å². The third-order valence-electron chi connectivity index (χ3n) is 5.78. The van der Waals surface area contributed by atoms with Crippen LogP contribution in [0.2, 0.25) is 0 Å². The Kier molecular flexibility index (Phi) is 3.90. The van der Waals surface area contributed by atoms with Gasteiger partial charge in [-0.05, 0) is 69.9 Å². The summed E-state index contributed by atoms with van der Waals surface area (Å²) in [4.78, 5) is 11.6. The first-order chi connectivity index (χ1) is 10.8. The van der Waals surface area contributed by atoms with Crippen LogP contribution >= 0.6 is 0 Å². The Morgan fingerprint density at radius 1 is 1.00 bits per heavy atom. The smallest absolute Gasteiger partial charge is 0.222 e. The lowest BCUT2D eigenvalue weighted by atomic mass is 9.83. The number of aromatic nitrogens is 2. The number of piperidine rings is 1. The Hall–Kier alpha value is -1.36. The zero-order chi connectivity index (χ0) is 14.9. The number of aryl methyl sites for hydroxylation is 1. The summed E-state index contributed by atoms with van der Waals surface area (Å²) in [5, 5.41) is 3.51. The maximum Gasteiger partial charge on any atom is 0.222 e. The van der Waals surface area contributed by atoms with Crippen LogP contribution in [0.4, 0.5) is 11.8 Å². The number of rotatable bonds is 2. The summed E-state index contributed by atoms with van der Waals surface area (Å²) in [5.74, 6) is 3.38. The quantitative estimate of drug-likeness (QED) is 0.871. The van der Waals surface area contributed by atoms with Gasteiger partial charge in [-0.25, -0.2) is 4.98 Å². The molecule has 0 saturated carbocycles. The van der Waals surface area contributed by atoms with E-state index >= 15 is 0 Å². The van der Waals surface area contributed by atoms with E-state index < -0.39 is 0 Å². The van der Waals surface area contributed by atoms with Crippen molar-refractivity contribution in [1.82, 2.24) is 15.3 Å². The van der Waals surface area contributed by atoms with Gasteiger partial charge in [0.15, 0.2) is 0 Å². The fourth-order valence-corrected chi connectivity index (χ4v) is 4.52. The van der Waals surface area contributed by atoms with E-state index in [1.807, 2.05) is 0 Å². The first-order valence-electron chi connectivity index (χ1n) is 8.92. The van der Waals surface area contributed by atoms with Crippen molar-refractivity contribution in [1.29, 1.82) is 0 Å². The number of hydrogen-bond donors (Lipinski definition) is 2. The summed E-state index contributed by atoms with van der Waals surface area (Å²) in [7, 11) is 0. The molecule has 1 aromatic heterocycles. The van der Waals surface area contributed by atoms with Crippen molar-refractivity contribution in [3.05, 3.63) is 11.3 Å². The highest BCUT2D eigenvalue weighted by atomic mass is 15.2. The maximum absolute atomic E-state index is 5.96. The predicted octanol–water partition coefficient (Wildman–Crippen LogP) is 1.76. The van der Waals surface area contributed by atoms with Crippen molar-refractivity contribution in [2.45, 2.75) is 44.9 Å². The zero-order valence-corrected chi connectivity index (χ0v) is 13.4. The molecule has 3 N–H and O–H groups in total. The van der Waals surface area contributed by atoms with E-state index in [1.165, 1.54) is 56.5 Å². The van der Waals surface area contributed by atoms with Crippen molar-refractivity contribution >= 4 is 11.8 Å². The normalized spacial score (nSPS) is 26.2. The second-order valence-electron chi connectivity index (χ2n) is 7.12. The van der Waals surface area contributed by atoms with Crippen LogP contribution in [-0.2, 0) is 12.8 Å². The molecule has 0 spiro atoms. The third-order valence-corrected chi connectivity index (χ3v) is 5.78. The topological polar surface area (TPSA) is 67.1 Å². The number of nitrogens with two attached hydrogens (primary N) is 1. The zero-order valence-electron chi connectivity index (χ0n) is 13.4. The van der Waals surface area contributed by atoms with Gasteiger partial charge >= 0.3 is 0 Å². The summed E-state index contributed by atoms with van der Waals surface area (Å²) >= 11 is 0. The maximum atomic E-state index is 5.96. The molecule has 0 aromatic carbocycles. The lowest BCUT2D eigenvalue weighted by Gasteiger charge is -2.36. The second kappa shape index (κ2) is 6.03. The molecule has 0 amide bonds. The Bertz CT molecular complexity index is 530. The van der Waals surface area contributed by atoms with Gasteiger partial charge in [-0.15, -0.1) is 0 Å². The molecule has 0 radical (unpaired) electrons. The summed E-state index contributed by atoms with van der Waals surface area (Å²) in [6.07, 6.45) is 8.64. The Balaban J connectivity index is 1.50. The largest absolute Gasteiger partial charge is 0.368 e. The van der Waals surface area contributed by atoms with Crippen molar-refractivity contribution in [2.75, 3.05) is 36.8 Å². The van der Waals surface area contributed by atoms with Crippen molar-refractivity contribution in [3.8, 4) is 0 Å². The predicted molar refractivity (Wildman–Crippen MR) is 89.0 cm³/mol. The molecule has 4 rings (SSSR count). The van der Waals surface area contributed by atoms with Crippen LogP contribution in [0.1, 0.15) is 43.4 Å². The first-order valence-corrected chi connectivity index (χ1v) is 8.92. The van der Waals surface area contributed by atoms with Gasteiger partial charge in [0, 0.05) is 18.7 Å². The van der Waals surface area contributed by atoms with Gasteiger partial charge in [-0.2, -0.15) is 4.98 Å². The van der Waals surface area contributed by atoms with Crippen molar-refractivity contribution < 1.29 is 0 Å². The number of nitrogens with zero attached hydrogens (tertiary/aromatic N) is 3. The fraction of sp³-hybridized carbons (Fsp3) is 0.765. The van der Waals surface area contributed by atoms with Gasteiger partial charge < -0.3 is 16.0 Å². The average molecular weight is 301 g/mol. The molecule has 2 fully saturated rings. The van der Waals surface area contributed by atoms with Crippen LogP contribution in [-0.4, -0.2) is 36.1 Å². The van der Waals surface area contributed by atoms with E-state index in [4.69, 9.17) is 5.73 Å². The number of fused-ring (bicyclic) bond motifs is 1. The number of hydrogen-bond acceptors (Lipinski definition) is 5. The minimum absolute atomic E-state index is 0.456. The molecule has 5 heteroatoms. The average Bonchev–Trinajstić information content (AvgIpc) is 3.09. The van der Waals surface area contributed by atoms with Gasteiger partial charge in [0.05, 0.1) is 5.69 Å². The lowest BCUT2D eigenvalue weighted by molar-refractivity contribution is 0.291. The van der Waals surface area contributed by atoms with Gasteiger partial charge in [-0.3, -0.25) is 0 Å². The van der Waals surface area contributed by atoms with Gasteiger partial charge in [0.2, 0.25) is 5.95 Å². The van der Waals surface area contributed by atoms with Crippen LogP contribution in [0.3, 0.4) is 0 Å².